The van der Waals surface area contributed by atoms with Crippen molar-refractivity contribution in [1.82, 2.24) is 29.7 Å². The highest BCUT2D eigenvalue weighted by Gasteiger charge is 2.20. The van der Waals surface area contributed by atoms with Crippen molar-refractivity contribution in [3.8, 4) is 0 Å². The highest BCUT2D eigenvalue weighted by molar-refractivity contribution is 7.05. The fraction of sp³-hybridized carbons (Fsp3) is 0.714. The average molecular weight is 308 g/mol. The maximum Gasteiger partial charge on any atom is 0.138 e. The Balaban J connectivity index is 2.15. The molecule has 1 atom stereocenters. The van der Waals surface area contributed by atoms with E-state index in [1.54, 1.807) is 6.33 Å². The Morgan fingerprint density at radius 1 is 1.38 bits per heavy atom. The Morgan fingerprint density at radius 2 is 2.19 bits per heavy atom. The zero-order valence-corrected chi connectivity index (χ0v) is 14.0. The second kappa shape index (κ2) is 7.61. The van der Waals surface area contributed by atoms with E-state index < -0.39 is 0 Å². The number of hydrogen-bond donors (Lipinski definition) is 1. The molecule has 0 aliphatic rings. The predicted octanol–water partition coefficient (Wildman–Crippen LogP) is 2.38. The Hall–Kier alpha value is -1.34. The van der Waals surface area contributed by atoms with Gasteiger partial charge in [0.2, 0.25) is 0 Å². The largest absolute Gasteiger partial charge is 0.309 e. The van der Waals surface area contributed by atoms with Gasteiger partial charge in [0.05, 0.1) is 16.6 Å². The molecule has 2 rings (SSSR count). The topological polar surface area (TPSA) is 68.5 Å². The summed E-state index contributed by atoms with van der Waals surface area (Å²) < 4.78 is 6.07. The number of rotatable bonds is 8. The van der Waals surface area contributed by atoms with Crippen LogP contribution in [0.5, 0.6) is 0 Å². The molecule has 6 nitrogen and oxygen atoms in total. The molecule has 0 aliphatic heterocycles. The first-order chi connectivity index (χ1) is 10.1. The second-order valence-electron chi connectivity index (χ2n) is 5.69. The van der Waals surface area contributed by atoms with Gasteiger partial charge in [0, 0.05) is 13.0 Å². The summed E-state index contributed by atoms with van der Waals surface area (Å²) in [6, 6.07) is 0.208. The number of aryl methyl sites for hydroxylation is 1. The third-order valence-corrected chi connectivity index (χ3v) is 4.20. The molecule has 2 heterocycles. The molecule has 0 aliphatic carbocycles. The van der Waals surface area contributed by atoms with E-state index >= 15 is 0 Å². The van der Waals surface area contributed by atoms with Gasteiger partial charge < -0.3 is 5.32 Å². The maximum absolute atomic E-state index is 4.43. The van der Waals surface area contributed by atoms with Crippen LogP contribution in [0.3, 0.4) is 0 Å². The van der Waals surface area contributed by atoms with Gasteiger partial charge in [-0.1, -0.05) is 25.3 Å². The molecule has 7 heteroatoms. The van der Waals surface area contributed by atoms with E-state index in [4.69, 9.17) is 0 Å². The van der Waals surface area contributed by atoms with Crippen molar-refractivity contribution in [3.63, 3.8) is 0 Å². The lowest BCUT2D eigenvalue weighted by Gasteiger charge is -2.17. The van der Waals surface area contributed by atoms with Crippen LogP contribution < -0.4 is 5.32 Å². The monoisotopic (exact) mass is 308 g/mol. The Bertz CT molecular complexity index is 547. The Labute approximate surface area is 130 Å². The van der Waals surface area contributed by atoms with Crippen molar-refractivity contribution in [2.75, 3.05) is 6.54 Å². The van der Waals surface area contributed by atoms with Crippen molar-refractivity contribution in [2.24, 2.45) is 5.92 Å². The van der Waals surface area contributed by atoms with E-state index in [-0.39, 0.29) is 6.04 Å². The zero-order chi connectivity index (χ0) is 15.2. The van der Waals surface area contributed by atoms with Gasteiger partial charge in [-0.3, -0.25) is 0 Å². The number of nitrogens with zero attached hydrogens (tertiary/aromatic N) is 5. The Kier molecular flexibility index (Phi) is 5.81. The van der Waals surface area contributed by atoms with E-state index in [0.717, 1.165) is 37.4 Å². The van der Waals surface area contributed by atoms with Crippen molar-refractivity contribution < 1.29 is 0 Å². The minimum absolute atomic E-state index is 0.208. The van der Waals surface area contributed by atoms with Crippen LogP contribution in [0, 0.1) is 12.8 Å². The van der Waals surface area contributed by atoms with E-state index in [2.05, 4.69) is 45.8 Å². The summed E-state index contributed by atoms with van der Waals surface area (Å²) in [6.07, 6.45) is 3.56. The van der Waals surface area contributed by atoms with Crippen LogP contribution >= 0.6 is 11.5 Å². The molecule has 116 valence electrons. The average Bonchev–Trinajstić information content (AvgIpc) is 3.03. The SMILES string of the molecule is CCCNC(Cc1ncnn1CC(C)C)c1snnc1C. The van der Waals surface area contributed by atoms with E-state index in [0.29, 0.717) is 5.92 Å². The van der Waals surface area contributed by atoms with Crippen LogP contribution in [-0.4, -0.2) is 30.9 Å². The third kappa shape index (κ3) is 4.31. The minimum Gasteiger partial charge on any atom is -0.309 e. The molecule has 1 unspecified atom stereocenters. The fourth-order valence-corrected chi connectivity index (χ4v) is 2.98. The first-order valence-corrected chi connectivity index (χ1v) is 8.28. The quantitative estimate of drug-likeness (QED) is 0.811. The van der Waals surface area contributed by atoms with Crippen LogP contribution in [0.1, 0.15) is 49.6 Å². The lowest BCUT2D eigenvalue weighted by Crippen LogP contribution is -2.25. The van der Waals surface area contributed by atoms with Gasteiger partial charge in [0.25, 0.3) is 0 Å². The summed E-state index contributed by atoms with van der Waals surface area (Å²) in [6.45, 7) is 10.4. The lowest BCUT2D eigenvalue weighted by molar-refractivity contribution is 0.445. The molecule has 1 N–H and O–H groups in total. The molecular weight excluding hydrogens is 284 g/mol. The first kappa shape index (κ1) is 16.0. The van der Waals surface area contributed by atoms with Gasteiger partial charge in [0.1, 0.15) is 12.2 Å². The summed E-state index contributed by atoms with van der Waals surface area (Å²) in [7, 11) is 0. The van der Waals surface area contributed by atoms with Crippen LogP contribution in [0.25, 0.3) is 0 Å². The molecular formula is C14H24N6S. The second-order valence-corrected chi connectivity index (χ2v) is 6.47. The minimum atomic E-state index is 0.208. The van der Waals surface area contributed by atoms with Gasteiger partial charge in [-0.15, -0.1) is 5.10 Å². The van der Waals surface area contributed by atoms with Crippen molar-refractivity contribution >= 4 is 11.5 Å². The van der Waals surface area contributed by atoms with Crippen LogP contribution in [0.2, 0.25) is 0 Å². The molecule has 0 saturated heterocycles. The van der Waals surface area contributed by atoms with E-state index in [1.807, 2.05) is 11.6 Å². The third-order valence-electron chi connectivity index (χ3n) is 3.26. The van der Waals surface area contributed by atoms with Crippen molar-refractivity contribution in [3.05, 3.63) is 22.7 Å². The highest BCUT2D eigenvalue weighted by atomic mass is 32.1. The van der Waals surface area contributed by atoms with Gasteiger partial charge >= 0.3 is 0 Å². The summed E-state index contributed by atoms with van der Waals surface area (Å²) in [5.41, 5.74) is 1.00. The molecule has 0 amide bonds. The molecule has 0 spiro atoms. The van der Waals surface area contributed by atoms with Crippen molar-refractivity contribution in [1.29, 1.82) is 0 Å². The summed E-state index contributed by atoms with van der Waals surface area (Å²) in [5, 5.41) is 12.1. The molecule has 0 bridgehead atoms. The lowest BCUT2D eigenvalue weighted by atomic mass is 10.1. The summed E-state index contributed by atoms with van der Waals surface area (Å²) in [5.74, 6) is 1.57. The van der Waals surface area contributed by atoms with Crippen LogP contribution in [0.4, 0.5) is 0 Å². The zero-order valence-electron chi connectivity index (χ0n) is 13.2. The van der Waals surface area contributed by atoms with E-state index in [9.17, 15) is 0 Å². The number of nitrogens with one attached hydrogen (secondary N) is 1. The van der Waals surface area contributed by atoms with Crippen LogP contribution in [0.15, 0.2) is 6.33 Å². The summed E-state index contributed by atoms with van der Waals surface area (Å²) in [4.78, 5) is 5.63. The molecule has 0 saturated carbocycles. The Morgan fingerprint density at radius 3 is 2.81 bits per heavy atom. The van der Waals surface area contributed by atoms with Gasteiger partial charge in [-0.25, -0.2) is 9.67 Å². The van der Waals surface area contributed by atoms with Gasteiger partial charge in [-0.2, -0.15) is 5.10 Å². The van der Waals surface area contributed by atoms with Crippen molar-refractivity contribution in [2.45, 2.75) is 53.1 Å². The van der Waals surface area contributed by atoms with Gasteiger partial charge in [0.15, 0.2) is 0 Å². The highest BCUT2D eigenvalue weighted by Crippen LogP contribution is 2.23. The molecule has 21 heavy (non-hydrogen) atoms. The number of aromatic nitrogens is 5. The van der Waals surface area contributed by atoms with Crippen LogP contribution in [-0.2, 0) is 13.0 Å². The standard InChI is InChI=1S/C14H24N6S/c1-5-6-15-12(14-11(4)18-19-21-14)7-13-16-9-17-20(13)8-10(2)3/h9-10,12,15H,5-8H2,1-4H3. The normalized spacial score (nSPS) is 13.0. The fourth-order valence-electron chi connectivity index (χ4n) is 2.26. The maximum atomic E-state index is 4.43. The molecule has 0 aromatic carbocycles. The summed E-state index contributed by atoms with van der Waals surface area (Å²) >= 11 is 1.47. The van der Waals surface area contributed by atoms with E-state index in [1.165, 1.54) is 16.4 Å². The number of hydrogen-bond acceptors (Lipinski definition) is 6. The first-order valence-electron chi connectivity index (χ1n) is 7.50. The molecule has 2 aromatic heterocycles. The molecule has 2 aromatic rings. The predicted molar refractivity (Wildman–Crippen MR) is 84.2 cm³/mol. The molecule has 0 fully saturated rings. The van der Waals surface area contributed by atoms with Gasteiger partial charge in [-0.05, 0) is 37.3 Å². The molecule has 0 radical (unpaired) electrons. The smallest absolute Gasteiger partial charge is 0.138 e.